The fraction of sp³-hybridized carbons (Fsp3) is 0.538. The van der Waals surface area contributed by atoms with Crippen LogP contribution in [0.15, 0.2) is 30.3 Å². The largest absolute Gasteiger partial charge is 0.391 e. The maximum atomic E-state index is 11.7. The number of benzene rings is 1. The van der Waals surface area contributed by atoms with E-state index >= 15 is 0 Å². The van der Waals surface area contributed by atoms with E-state index in [1.807, 2.05) is 44.2 Å². The van der Waals surface area contributed by atoms with Crippen LogP contribution >= 0.6 is 0 Å². The zero-order valence-corrected chi connectivity index (χ0v) is 11.7. The van der Waals surface area contributed by atoms with Crippen LogP contribution in [0, 0.1) is 5.92 Å². The van der Waals surface area contributed by atoms with Crippen molar-refractivity contribution in [1.82, 2.24) is 4.72 Å². The number of nitrogens with one attached hydrogen (secondary N) is 1. The Morgan fingerprint density at radius 3 is 2.39 bits per heavy atom. The molecule has 0 saturated heterocycles. The highest BCUT2D eigenvalue weighted by atomic mass is 32.2. The number of rotatable bonds is 7. The highest BCUT2D eigenvalue weighted by Crippen LogP contribution is 2.03. The first-order valence-corrected chi connectivity index (χ1v) is 7.75. The minimum Gasteiger partial charge on any atom is -0.391 e. The molecule has 4 nitrogen and oxygen atoms in total. The fourth-order valence-electron chi connectivity index (χ4n) is 1.42. The summed E-state index contributed by atoms with van der Waals surface area (Å²) in [6.07, 6.45) is -0.162. The van der Waals surface area contributed by atoms with Crippen LogP contribution in [0.3, 0.4) is 0 Å². The van der Waals surface area contributed by atoms with Crippen molar-refractivity contribution in [1.29, 1.82) is 0 Å². The molecule has 0 fully saturated rings. The molecule has 0 heterocycles. The van der Waals surface area contributed by atoms with Gasteiger partial charge in [-0.25, -0.2) is 13.1 Å². The molecule has 0 aliphatic heterocycles. The molecule has 1 unspecified atom stereocenters. The predicted molar refractivity (Wildman–Crippen MR) is 72.8 cm³/mol. The smallest absolute Gasteiger partial charge is 0.212 e. The SMILES string of the molecule is CC(C)C(O)CNS(=O)(=O)CCc1ccccc1. The molecule has 1 rings (SSSR count). The van der Waals surface area contributed by atoms with E-state index in [0.29, 0.717) is 6.42 Å². The van der Waals surface area contributed by atoms with Crippen molar-refractivity contribution in [3.8, 4) is 0 Å². The zero-order valence-electron chi connectivity index (χ0n) is 10.8. The van der Waals surface area contributed by atoms with Gasteiger partial charge < -0.3 is 5.11 Å². The maximum absolute atomic E-state index is 11.7. The summed E-state index contributed by atoms with van der Waals surface area (Å²) < 4.78 is 25.8. The molecule has 0 spiro atoms. The number of hydrogen-bond acceptors (Lipinski definition) is 3. The third kappa shape index (κ3) is 5.62. The van der Waals surface area contributed by atoms with E-state index < -0.39 is 16.1 Å². The second-order valence-electron chi connectivity index (χ2n) is 4.71. The van der Waals surface area contributed by atoms with Gasteiger partial charge in [0.25, 0.3) is 0 Å². The second-order valence-corrected chi connectivity index (χ2v) is 6.64. The summed E-state index contributed by atoms with van der Waals surface area (Å²) in [5.41, 5.74) is 0.993. The van der Waals surface area contributed by atoms with E-state index in [4.69, 9.17) is 0 Å². The maximum Gasteiger partial charge on any atom is 0.212 e. The molecule has 0 amide bonds. The van der Waals surface area contributed by atoms with Gasteiger partial charge in [0.05, 0.1) is 11.9 Å². The zero-order chi connectivity index (χ0) is 13.6. The van der Waals surface area contributed by atoms with Gasteiger partial charge >= 0.3 is 0 Å². The number of hydrogen-bond donors (Lipinski definition) is 2. The molecule has 0 aliphatic carbocycles. The van der Waals surface area contributed by atoms with Crippen molar-refractivity contribution < 1.29 is 13.5 Å². The molecule has 2 N–H and O–H groups in total. The molecule has 0 aliphatic rings. The lowest BCUT2D eigenvalue weighted by Gasteiger charge is -2.15. The Hall–Kier alpha value is -0.910. The van der Waals surface area contributed by atoms with Crippen LogP contribution in [-0.4, -0.2) is 31.9 Å². The summed E-state index contributed by atoms with van der Waals surface area (Å²) in [5.74, 6) is 0.0868. The lowest BCUT2D eigenvalue weighted by Crippen LogP contribution is -2.36. The predicted octanol–water partition coefficient (Wildman–Crippen LogP) is 1.17. The Morgan fingerprint density at radius 2 is 1.83 bits per heavy atom. The van der Waals surface area contributed by atoms with E-state index in [0.717, 1.165) is 5.56 Å². The summed E-state index contributed by atoms with van der Waals surface area (Å²) >= 11 is 0. The highest BCUT2D eigenvalue weighted by molar-refractivity contribution is 7.89. The number of aliphatic hydroxyl groups is 1. The van der Waals surface area contributed by atoms with Crippen LogP contribution in [0.2, 0.25) is 0 Å². The molecular formula is C13H21NO3S. The lowest BCUT2D eigenvalue weighted by molar-refractivity contribution is 0.129. The Labute approximate surface area is 109 Å². The molecule has 102 valence electrons. The standard InChI is InChI=1S/C13H21NO3S/c1-11(2)13(15)10-14-18(16,17)9-8-12-6-4-3-5-7-12/h3-7,11,13-15H,8-10H2,1-2H3. The number of aryl methyl sites for hydroxylation is 1. The van der Waals surface area contributed by atoms with Crippen molar-refractivity contribution in [2.45, 2.75) is 26.4 Å². The number of aliphatic hydroxyl groups excluding tert-OH is 1. The summed E-state index contributed by atoms with van der Waals surface area (Å²) in [4.78, 5) is 0. The van der Waals surface area contributed by atoms with Crippen LogP contribution in [0.1, 0.15) is 19.4 Å². The quantitative estimate of drug-likeness (QED) is 0.782. The van der Waals surface area contributed by atoms with Gasteiger partial charge in [-0.05, 0) is 17.9 Å². The molecule has 1 aromatic rings. The van der Waals surface area contributed by atoms with Crippen LogP contribution in [0.5, 0.6) is 0 Å². The van der Waals surface area contributed by atoms with Gasteiger partial charge in [-0.3, -0.25) is 0 Å². The molecule has 0 aromatic heterocycles. The van der Waals surface area contributed by atoms with Gasteiger partial charge in [-0.15, -0.1) is 0 Å². The molecule has 18 heavy (non-hydrogen) atoms. The third-order valence-corrected chi connectivity index (χ3v) is 4.13. The Balaban J connectivity index is 2.41. The van der Waals surface area contributed by atoms with E-state index in [2.05, 4.69) is 4.72 Å². The molecule has 1 aromatic carbocycles. The normalized spacial score (nSPS) is 13.8. The van der Waals surface area contributed by atoms with Crippen LogP contribution in [0.25, 0.3) is 0 Å². The first-order chi connectivity index (χ1) is 8.41. The lowest BCUT2D eigenvalue weighted by atomic mass is 10.1. The molecule has 0 bridgehead atoms. The van der Waals surface area contributed by atoms with Gasteiger partial charge in [-0.2, -0.15) is 0 Å². The highest BCUT2D eigenvalue weighted by Gasteiger charge is 2.15. The van der Waals surface area contributed by atoms with E-state index in [1.54, 1.807) is 0 Å². The average Bonchev–Trinajstić information content (AvgIpc) is 2.35. The molecule has 0 radical (unpaired) electrons. The van der Waals surface area contributed by atoms with Crippen LogP contribution in [-0.2, 0) is 16.4 Å². The van der Waals surface area contributed by atoms with Gasteiger partial charge in [0.15, 0.2) is 0 Å². The Bertz CT molecular complexity index is 443. The van der Waals surface area contributed by atoms with Crippen molar-refractivity contribution in [2.75, 3.05) is 12.3 Å². The van der Waals surface area contributed by atoms with Crippen LogP contribution in [0.4, 0.5) is 0 Å². The fourth-order valence-corrected chi connectivity index (χ4v) is 2.49. The minimum absolute atomic E-state index is 0.0434. The molecule has 1 atom stereocenters. The third-order valence-electron chi connectivity index (χ3n) is 2.78. The topological polar surface area (TPSA) is 66.4 Å². The van der Waals surface area contributed by atoms with Gasteiger partial charge in [0.2, 0.25) is 10.0 Å². The Kier molecular flexibility index (Phi) is 5.78. The van der Waals surface area contributed by atoms with E-state index in [-0.39, 0.29) is 18.2 Å². The van der Waals surface area contributed by atoms with Crippen molar-refractivity contribution >= 4 is 10.0 Å². The van der Waals surface area contributed by atoms with Crippen molar-refractivity contribution in [3.63, 3.8) is 0 Å². The van der Waals surface area contributed by atoms with E-state index in [9.17, 15) is 13.5 Å². The van der Waals surface area contributed by atoms with Gasteiger partial charge in [-0.1, -0.05) is 44.2 Å². The summed E-state index contributed by atoms with van der Waals surface area (Å²) in [6, 6.07) is 9.47. The first kappa shape index (κ1) is 15.1. The second kappa shape index (κ2) is 6.87. The van der Waals surface area contributed by atoms with Gasteiger partial charge in [0, 0.05) is 6.54 Å². The molecule has 5 heteroatoms. The van der Waals surface area contributed by atoms with Gasteiger partial charge in [0.1, 0.15) is 0 Å². The average molecular weight is 271 g/mol. The molecule has 0 saturated carbocycles. The summed E-state index contributed by atoms with van der Waals surface area (Å²) in [5, 5.41) is 9.55. The Morgan fingerprint density at radius 1 is 1.22 bits per heavy atom. The van der Waals surface area contributed by atoms with Crippen molar-refractivity contribution in [3.05, 3.63) is 35.9 Å². The minimum atomic E-state index is -3.32. The van der Waals surface area contributed by atoms with Crippen LogP contribution < -0.4 is 4.72 Å². The first-order valence-electron chi connectivity index (χ1n) is 6.10. The summed E-state index contributed by atoms with van der Waals surface area (Å²) in [6.45, 7) is 3.78. The van der Waals surface area contributed by atoms with Crippen molar-refractivity contribution in [2.24, 2.45) is 5.92 Å². The van der Waals surface area contributed by atoms with E-state index in [1.165, 1.54) is 0 Å². The molecular weight excluding hydrogens is 250 g/mol. The monoisotopic (exact) mass is 271 g/mol. The number of sulfonamides is 1. The summed E-state index contributed by atoms with van der Waals surface area (Å²) in [7, 11) is -3.32.